The van der Waals surface area contributed by atoms with Crippen molar-refractivity contribution in [3.8, 4) is 5.75 Å². The molecule has 0 aliphatic carbocycles. The summed E-state index contributed by atoms with van der Waals surface area (Å²) in [6, 6.07) is 13.0. The molecule has 4 rings (SSSR count). The minimum absolute atomic E-state index is 0.0526. The number of methoxy groups -OCH3 is 1. The smallest absolute Gasteiger partial charge is 0.254 e. The normalized spacial score (nSPS) is 23.2. The van der Waals surface area contributed by atoms with Crippen molar-refractivity contribution in [2.24, 2.45) is 0 Å². The number of hydrogen-bond donors (Lipinski definition) is 1. The van der Waals surface area contributed by atoms with Gasteiger partial charge in [0.1, 0.15) is 5.75 Å². The van der Waals surface area contributed by atoms with E-state index in [-0.39, 0.29) is 17.9 Å². The molecule has 6 nitrogen and oxygen atoms in total. The van der Waals surface area contributed by atoms with Gasteiger partial charge in [0, 0.05) is 54.9 Å². The van der Waals surface area contributed by atoms with E-state index in [1.807, 2.05) is 36.4 Å². The van der Waals surface area contributed by atoms with Gasteiger partial charge in [-0.2, -0.15) is 0 Å². The maximum absolute atomic E-state index is 13.9. The van der Waals surface area contributed by atoms with E-state index in [0.29, 0.717) is 23.7 Å². The molecule has 2 amide bonds. The Morgan fingerprint density at radius 3 is 2.74 bits per heavy atom. The van der Waals surface area contributed by atoms with Crippen LogP contribution in [0, 0.1) is 0 Å². The molecule has 164 valence electrons. The Bertz CT molecular complexity index is 1010. The van der Waals surface area contributed by atoms with Gasteiger partial charge < -0.3 is 15.0 Å². The van der Waals surface area contributed by atoms with Gasteiger partial charge >= 0.3 is 0 Å². The zero-order valence-electron chi connectivity index (χ0n) is 18.2. The van der Waals surface area contributed by atoms with E-state index in [0.717, 1.165) is 36.1 Å². The molecule has 1 fully saturated rings. The zero-order chi connectivity index (χ0) is 22.2. The third-order valence-electron chi connectivity index (χ3n) is 6.41. The number of rotatable bonds is 5. The van der Waals surface area contributed by atoms with Crippen LogP contribution in [0.15, 0.2) is 42.5 Å². The Labute approximate surface area is 188 Å². The van der Waals surface area contributed by atoms with Crippen LogP contribution in [-0.2, 0) is 15.1 Å². The van der Waals surface area contributed by atoms with Crippen LogP contribution < -0.4 is 10.1 Å². The summed E-state index contributed by atoms with van der Waals surface area (Å²) in [5, 5.41) is 3.63. The minimum Gasteiger partial charge on any atom is -0.496 e. The molecule has 0 aromatic heterocycles. The Kier molecular flexibility index (Phi) is 5.95. The monoisotopic (exact) mass is 441 g/mol. The third-order valence-corrected chi connectivity index (χ3v) is 6.65. The molecular formula is C24H28ClN3O3. The van der Waals surface area contributed by atoms with E-state index in [2.05, 4.69) is 10.2 Å². The summed E-state index contributed by atoms with van der Waals surface area (Å²) in [5.41, 5.74) is 1.19. The largest absolute Gasteiger partial charge is 0.496 e. The average Bonchev–Trinajstić information content (AvgIpc) is 3.05. The molecule has 0 saturated carbocycles. The number of likely N-dealkylation sites (tertiary alicyclic amines) is 1. The summed E-state index contributed by atoms with van der Waals surface area (Å²) in [4.78, 5) is 30.3. The van der Waals surface area contributed by atoms with Crippen molar-refractivity contribution < 1.29 is 14.3 Å². The predicted octanol–water partition coefficient (Wildman–Crippen LogP) is 3.88. The van der Waals surface area contributed by atoms with Crippen molar-refractivity contribution >= 4 is 29.1 Å². The number of carbonyl (C=O) groups is 2. The quantitative estimate of drug-likeness (QED) is 0.764. The minimum atomic E-state index is -1.12. The van der Waals surface area contributed by atoms with E-state index in [4.69, 9.17) is 16.3 Å². The van der Waals surface area contributed by atoms with Crippen LogP contribution in [0.3, 0.4) is 0 Å². The first-order chi connectivity index (χ1) is 14.9. The molecular weight excluding hydrogens is 414 g/mol. The molecule has 0 bridgehead atoms. The van der Waals surface area contributed by atoms with E-state index < -0.39 is 5.54 Å². The molecule has 2 aromatic carbocycles. The molecule has 0 spiro atoms. The van der Waals surface area contributed by atoms with Gasteiger partial charge in [0.25, 0.3) is 5.91 Å². The molecule has 1 N–H and O–H groups in total. The van der Waals surface area contributed by atoms with Crippen LogP contribution >= 0.6 is 11.6 Å². The summed E-state index contributed by atoms with van der Waals surface area (Å²) in [5.74, 6) is 0.545. The highest BCUT2D eigenvalue weighted by molar-refractivity contribution is 6.31. The van der Waals surface area contributed by atoms with E-state index in [1.165, 1.54) is 0 Å². The first-order valence-electron chi connectivity index (χ1n) is 10.6. The number of hydrogen-bond acceptors (Lipinski definition) is 4. The number of carbonyl (C=O) groups excluding carboxylic acids is 2. The number of ether oxygens (including phenoxy) is 1. The Morgan fingerprint density at radius 1 is 1.23 bits per heavy atom. The molecule has 7 heteroatoms. The van der Waals surface area contributed by atoms with Crippen molar-refractivity contribution in [1.82, 2.24) is 9.80 Å². The van der Waals surface area contributed by atoms with Crippen LogP contribution in [0.1, 0.15) is 36.8 Å². The predicted molar refractivity (Wildman–Crippen MR) is 122 cm³/mol. The SMILES string of the molecule is COc1ccccc1C1(N2CCCC[C@H]2CC(=O)N(C)C)C(=O)Nc2ccc(Cl)cc21. The maximum atomic E-state index is 13.9. The fourth-order valence-corrected chi connectivity index (χ4v) is 5.12. The lowest BCUT2D eigenvalue weighted by Gasteiger charge is -2.47. The lowest BCUT2D eigenvalue weighted by Crippen LogP contribution is -2.58. The van der Waals surface area contributed by atoms with Crippen LogP contribution in [0.25, 0.3) is 0 Å². The number of nitrogens with zero attached hydrogens (tertiary/aromatic N) is 2. The second-order valence-electron chi connectivity index (χ2n) is 8.39. The number of fused-ring (bicyclic) bond motifs is 1. The van der Waals surface area contributed by atoms with Gasteiger partial charge in [-0.15, -0.1) is 0 Å². The Hall–Kier alpha value is -2.57. The molecule has 0 radical (unpaired) electrons. The van der Waals surface area contributed by atoms with Crippen LogP contribution in [-0.4, -0.2) is 55.4 Å². The number of nitrogens with one attached hydrogen (secondary N) is 1. The van der Waals surface area contributed by atoms with Gasteiger partial charge in [-0.1, -0.05) is 36.2 Å². The zero-order valence-corrected chi connectivity index (χ0v) is 18.9. The topological polar surface area (TPSA) is 61.9 Å². The highest BCUT2D eigenvalue weighted by atomic mass is 35.5. The molecule has 2 aromatic rings. The summed E-state index contributed by atoms with van der Waals surface area (Å²) in [6.07, 6.45) is 3.17. The van der Waals surface area contributed by atoms with Crippen molar-refractivity contribution in [2.45, 2.75) is 37.3 Å². The van der Waals surface area contributed by atoms with Crippen molar-refractivity contribution in [3.63, 3.8) is 0 Å². The molecule has 1 saturated heterocycles. The number of benzene rings is 2. The van der Waals surface area contributed by atoms with E-state index in [1.54, 1.807) is 32.2 Å². The third kappa shape index (κ3) is 3.58. The standard InChI is InChI=1S/C24H28ClN3O3/c1-27(2)22(29)15-17-8-6-7-13-28(17)24(18-9-4-5-10-21(18)31-3)19-14-16(25)11-12-20(19)26-23(24)30/h4-5,9-12,14,17H,6-8,13,15H2,1-3H3,(H,26,30)/t17-,24?/m0/s1. The molecule has 2 atom stereocenters. The second kappa shape index (κ2) is 8.52. The Balaban J connectivity index is 1.95. The van der Waals surface area contributed by atoms with Crippen molar-refractivity contribution in [2.75, 3.05) is 33.1 Å². The average molecular weight is 442 g/mol. The highest BCUT2D eigenvalue weighted by Gasteiger charge is 2.56. The maximum Gasteiger partial charge on any atom is 0.254 e. The molecule has 2 heterocycles. The molecule has 2 aliphatic heterocycles. The van der Waals surface area contributed by atoms with Gasteiger partial charge in [0.05, 0.1) is 7.11 Å². The number of piperidine rings is 1. The second-order valence-corrected chi connectivity index (χ2v) is 8.83. The van der Waals surface area contributed by atoms with Gasteiger partial charge in [-0.05, 0) is 37.1 Å². The van der Waals surface area contributed by atoms with Crippen LogP contribution in [0.2, 0.25) is 5.02 Å². The molecule has 2 aliphatic rings. The van der Waals surface area contributed by atoms with Crippen molar-refractivity contribution in [3.05, 3.63) is 58.6 Å². The van der Waals surface area contributed by atoms with Crippen LogP contribution in [0.5, 0.6) is 5.75 Å². The summed E-state index contributed by atoms with van der Waals surface area (Å²) in [6.45, 7) is 0.697. The number of anilines is 1. The molecule has 1 unspecified atom stereocenters. The number of halogens is 1. The summed E-state index contributed by atoms with van der Waals surface area (Å²) in [7, 11) is 5.15. The highest BCUT2D eigenvalue weighted by Crippen LogP contribution is 2.51. The van der Waals surface area contributed by atoms with Crippen LogP contribution in [0.4, 0.5) is 5.69 Å². The van der Waals surface area contributed by atoms with Crippen molar-refractivity contribution in [1.29, 1.82) is 0 Å². The fraction of sp³-hybridized carbons (Fsp3) is 0.417. The Morgan fingerprint density at radius 2 is 2.00 bits per heavy atom. The van der Waals surface area contributed by atoms with Gasteiger partial charge in [0.15, 0.2) is 5.54 Å². The van der Waals surface area contributed by atoms with Gasteiger partial charge in [0.2, 0.25) is 5.91 Å². The molecule has 31 heavy (non-hydrogen) atoms. The summed E-state index contributed by atoms with van der Waals surface area (Å²) >= 11 is 6.41. The number of para-hydroxylation sites is 1. The van der Waals surface area contributed by atoms with E-state index in [9.17, 15) is 9.59 Å². The lowest BCUT2D eigenvalue weighted by molar-refractivity contribution is -0.135. The first kappa shape index (κ1) is 21.7. The van der Waals surface area contributed by atoms with E-state index >= 15 is 0 Å². The number of amides is 2. The van der Waals surface area contributed by atoms with Gasteiger partial charge in [-0.3, -0.25) is 14.5 Å². The van der Waals surface area contributed by atoms with Gasteiger partial charge in [-0.25, -0.2) is 0 Å². The summed E-state index contributed by atoms with van der Waals surface area (Å²) < 4.78 is 5.71. The first-order valence-corrected chi connectivity index (χ1v) is 11.0. The lowest BCUT2D eigenvalue weighted by atomic mass is 9.78. The fourth-order valence-electron chi connectivity index (χ4n) is 4.95.